The summed E-state index contributed by atoms with van der Waals surface area (Å²) in [6, 6.07) is 5.65. The molecule has 1 heterocycles. The minimum Gasteiger partial charge on any atom is -0.298 e. The first-order valence-corrected chi connectivity index (χ1v) is 9.11. The molecule has 1 aromatic heterocycles. The lowest BCUT2D eigenvalue weighted by Gasteiger charge is -2.00. The number of nitrogens with one attached hydrogen (secondary N) is 1. The van der Waals surface area contributed by atoms with Gasteiger partial charge in [0, 0.05) is 22.2 Å². The third-order valence-corrected chi connectivity index (χ3v) is 4.66. The fraction of sp³-hybridized carbons (Fsp3) is 0.222. The number of nitro groups is 1. The second-order valence-corrected chi connectivity index (χ2v) is 6.34. The Morgan fingerprint density at radius 2 is 1.93 bits per heavy atom. The predicted octanol–water partition coefficient (Wildman–Crippen LogP) is 6.17. The van der Waals surface area contributed by atoms with Gasteiger partial charge in [-0.15, -0.1) is 0 Å². The Morgan fingerprint density at radius 3 is 2.41 bits per heavy atom. The largest absolute Gasteiger partial charge is 0.298 e. The average Bonchev–Trinajstić information content (AvgIpc) is 3.02. The third-order valence-electron chi connectivity index (χ3n) is 3.43. The van der Waals surface area contributed by atoms with Gasteiger partial charge in [0.05, 0.1) is 9.40 Å². The van der Waals surface area contributed by atoms with Crippen molar-refractivity contribution in [3.8, 4) is 0 Å². The number of fused-ring (bicyclic) bond motifs is 1. The van der Waals surface area contributed by atoms with Gasteiger partial charge in [-0.2, -0.15) is 5.10 Å². The zero-order valence-corrected chi connectivity index (χ0v) is 17.5. The number of hydrogen-bond donors (Lipinski definition) is 1. The van der Waals surface area contributed by atoms with E-state index in [-0.39, 0.29) is 17.1 Å². The smallest absolute Gasteiger partial charge is 0.281 e. The molecule has 0 spiro atoms. The number of H-pyrrole nitrogens is 1. The number of hydrogen-bond acceptors (Lipinski definition) is 4. The summed E-state index contributed by atoms with van der Waals surface area (Å²) in [6.07, 6.45) is 0.450. The van der Waals surface area contributed by atoms with E-state index in [2.05, 4.69) is 26.1 Å². The maximum Gasteiger partial charge on any atom is 0.281 e. The van der Waals surface area contributed by atoms with Gasteiger partial charge in [-0.05, 0) is 53.5 Å². The Balaban J connectivity index is 0.000000282. The van der Waals surface area contributed by atoms with Crippen molar-refractivity contribution in [2.24, 2.45) is 0 Å². The van der Waals surface area contributed by atoms with Crippen LogP contribution in [-0.2, 0) is 0 Å². The van der Waals surface area contributed by atoms with Gasteiger partial charge in [0.25, 0.3) is 5.69 Å². The number of benzene rings is 2. The number of rotatable bonds is 2. The number of carbonyl (C=O) groups is 1. The molecule has 3 rings (SSSR count). The van der Waals surface area contributed by atoms with Crippen molar-refractivity contribution in [1.82, 2.24) is 10.2 Å². The first-order chi connectivity index (χ1) is 12.8. The van der Waals surface area contributed by atoms with Gasteiger partial charge in [-0.3, -0.25) is 20.0 Å². The SMILES string of the molecule is CC.Cc1[nH]nc2c(Br)c(C=O)c([N+](=O)[O-])cc12.Cc1cc(F)ccc1Cl. The fourth-order valence-electron chi connectivity index (χ4n) is 2.11. The predicted molar refractivity (Wildman–Crippen MR) is 108 cm³/mol. The van der Waals surface area contributed by atoms with Crippen LogP contribution in [0, 0.1) is 29.8 Å². The molecule has 9 heteroatoms. The summed E-state index contributed by atoms with van der Waals surface area (Å²) < 4.78 is 12.6. The van der Waals surface area contributed by atoms with E-state index in [0.717, 1.165) is 11.3 Å². The summed E-state index contributed by atoms with van der Waals surface area (Å²) in [4.78, 5) is 21.1. The molecule has 144 valence electrons. The Labute approximate surface area is 169 Å². The maximum atomic E-state index is 12.3. The molecular formula is C18H18BrClFN3O3. The minimum atomic E-state index is -0.583. The van der Waals surface area contributed by atoms with E-state index in [0.29, 0.717) is 26.7 Å². The van der Waals surface area contributed by atoms with Crippen LogP contribution >= 0.6 is 27.5 Å². The molecule has 0 saturated carbocycles. The van der Waals surface area contributed by atoms with Crippen LogP contribution in [0.1, 0.15) is 35.5 Å². The summed E-state index contributed by atoms with van der Waals surface area (Å²) in [5.74, 6) is -0.239. The lowest BCUT2D eigenvalue weighted by atomic mass is 10.1. The zero-order valence-electron chi connectivity index (χ0n) is 15.1. The van der Waals surface area contributed by atoms with Crippen LogP contribution in [0.5, 0.6) is 0 Å². The molecule has 0 saturated heterocycles. The van der Waals surface area contributed by atoms with E-state index in [9.17, 15) is 19.3 Å². The maximum absolute atomic E-state index is 12.3. The second kappa shape index (κ2) is 10.1. The summed E-state index contributed by atoms with van der Waals surface area (Å²) in [5, 5.41) is 18.7. The normalized spacial score (nSPS) is 9.74. The van der Waals surface area contributed by atoms with Crippen LogP contribution < -0.4 is 0 Å². The number of aromatic amines is 1. The van der Waals surface area contributed by atoms with Crippen LogP contribution in [0.4, 0.5) is 10.1 Å². The molecule has 0 radical (unpaired) electrons. The summed E-state index contributed by atoms with van der Waals surface area (Å²) in [5.41, 5.74) is 1.79. The highest BCUT2D eigenvalue weighted by atomic mass is 79.9. The molecule has 0 aliphatic heterocycles. The topological polar surface area (TPSA) is 88.9 Å². The highest BCUT2D eigenvalue weighted by Crippen LogP contribution is 2.33. The number of nitro benzene ring substituents is 1. The van der Waals surface area contributed by atoms with E-state index < -0.39 is 4.92 Å². The molecule has 1 N–H and O–H groups in total. The Bertz CT molecular complexity index is 976. The number of carbonyl (C=O) groups excluding carboxylic acids is 1. The monoisotopic (exact) mass is 457 g/mol. The highest BCUT2D eigenvalue weighted by Gasteiger charge is 2.21. The number of halogens is 3. The zero-order chi connectivity index (χ0) is 20.7. The standard InChI is InChI=1S/C9H6BrN3O3.C7H6ClF.C2H6/c1-4-5-2-7(13(15)16)6(3-14)8(10)9(5)12-11-4;1-5-4-6(9)2-3-7(5)8;1-2/h2-3H,1H3,(H,11,12);2-4H,1H3;1-2H3. The second-order valence-electron chi connectivity index (χ2n) is 5.14. The van der Waals surface area contributed by atoms with E-state index in [1.165, 1.54) is 18.2 Å². The molecule has 27 heavy (non-hydrogen) atoms. The Morgan fingerprint density at radius 1 is 1.30 bits per heavy atom. The molecule has 0 unspecified atom stereocenters. The van der Waals surface area contributed by atoms with Crippen LogP contribution in [0.25, 0.3) is 10.9 Å². The molecule has 0 amide bonds. The van der Waals surface area contributed by atoms with Crippen LogP contribution in [0.3, 0.4) is 0 Å². The number of aldehydes is 1. The van der Waals surface area contributed by atoms with Gasteiger partial charge in [0.15, 0.2) is 6.29 Å². The summed E-state index contributed by atoms with van der Waals surface area (Å²) >= 11 is 8.77. The molecule has 0 atom stereocenters. The Hall–Kier alpha value is -2.32. The molecular weight excluding hydrogens is 441 g/mol. The van der Waals surface area contributed by atoms with E-state index >= 15 is 0 Å². The van der Waals surface area contributed by atoms with Crippen LogP contribution in [0.2, 0.25) is 5.02 Å². The first kappa shape index (κ1) is 22.7. The first-order valence-electron chi connectivity index (χ1n) is 7.94. The van der Waals surface area contributed by atoms with Crippen molar-refractivity contribution in [2.45, 2.75) is 27.7 Å². The molecule has 0 aliphatic carbocycles. The molecule has 6 nitrogen and oxygen atoms in total. The van der Waals surface area contributed by atoms with Gasteiger partial charge >= 0.3 is 0 Å². The molecule has 2 aromatic carbocycles. The van der Waals surface area contributed by atoms with Gasteiger partial charge in [0.2, 0.25) is 0 Å². The molecule has 0 bridgehead atoms. The van der Waals surface area contributed by atoms with E-state index in [1.54, 1.807) is 19.9 Å². The van der Waals surface area contributed by atoms with Gasteiger partial charge in [-0.25, -0.2) is 4.39 Å². The number of nitrogens with zero attached hydrogens (tertiary/aromatic N) is 2. The molecule has 3 aromatic rings. The Kier molecular flexibility index (Phi) is 8.52. The lowest BCUT2D eigenvalue weighted by molar-refractivity contribution is -0.385. The van der Waals surface area contributed by atoms with Crippen molar-refractivity contribution < 1.29 is 14.1 Å². The number of aromatic nitrogens is 2. The molecule has 0 aliphatic rings. The summed E-state index contributed by atoms with van der Waals surface area (Å²) in [7, 11) is 0. The van der Waals surface area contributed by atoms with Gasteiger partial charge in [0.1, 0.15) is 16.9 Å². The highest BCUT2D eigenvalue weighted by molar-refractivity contribution is 9.10. The number of aryl methyl sites for hydroxylation is 2. The van der Waals surface area contributed by atoms with E-state index in [4.69, 9.17) is 11.6 Å². The molecule has 0 fully saturated rings. The van der Waals surface area contributed by atoms with Crippen molar-refractivity contribution in [1.29, 1.82) is 0 Å². The van der Waals surface area contributed by atoms with Crippen molar-refractivity contribution in [3.63, 3.8) is 0 Å². The summed E-state index contributed by atoms with van der Waals surface area (Å²) in [6.45, 7) is 7.53. The lowest BCUT2D eigenvalue weighted by Crippen LogP contribution is -1.96. The fourth-order valence-corrected chi connectivity index (χ4v) is 2.82. The minimum absolute atomic E-state index is 0.00370. The quantitative estimate of drug-likeness (QED) is 0.282. The van der Waals surface area contributed by atoms with E-state index in [1.807, 2.05) is 13.8 Å². The van der Waals surface area contributed by atoms with Gasteiger partial charge < -0.3 is 0 Å². The van der Waals surface area contributed by atoms with Crippen LogP contribution in [-0.4, -0.2) is 21.4 Å². The third kappa shape index (κ3) is 5.33. The van der Waals surface area contributed by atoms with Crippen LogP contribution in [0.15, 0.2) is 28.7 Å². The van der Waals surface area contributed by atoms with Crippen molar-refractivity contribution >= 4 is 50.4 Å². The van der Waals surface area contributed by atoms with Crippen molar-refractivity contribution in [2.75, 3.05) is 0 Å². The van der Waals surface area contributed by atoms with Gasteiger partial charge in [-0.1, -0.05) is 25.4 Å². The average molecular weight is 459 g/mol. The van der Waals surface area contributed by atoms with Crippen molar-refractivity contribution in [3.05, 3.63) is 66.5 Å².